The Morgan fingerprint density at radius 1 is 1.09 bits per heavy atom. The number of nitrogens with one attached hydrogen (secondary N) is 2. The van der Waals surface area contributed by atoms with E-state index in [-0.39, 0.29) is 29.5 Å². The van der Waals surface area contributed by atoms with Gasteiger partial charge in [-0.05, 0) is 62.1 Å². The van der Waals surface area contributed by atoms with Crippen LogP contribution < -0.4 is 10.6 Å². The van der Waals surface area contributed by atoms with E-state index in [1.165, 1.54) is 11.8 Å². The third-order valence-electron chi connectivity index (χ3n) is 5.47. The van der Waals surface area contributed by atoms with Gasteiger partial charge in [0.1, 0.15) is 0 Å². The van der Waals surface area contributed by atoms with Crippen molar-refractivity contribution >= 4 is 45.2 Å². The van der Waals surface area contributed by atoms with E-state index in [4.69, 9.17) is 0 Å². The molecule has 1 aromatic heterocycles. The van der Waals surface area contributed by atoms with Crippen LogP contribution in [0.15, 0.2) is 46.0 Å². The molecule has 0 saturated carbocycles. The zero-order chi connectivity index (χ0) is 25.0. The van der Waals surface area contributed by atoms with Crippen molar-refractivity contribution in [1.29, 1.82) is 0 Å². The quantitative estimate of drug-likeness (QED) is 0.373. The van der Waals surface area contributed by atoms with Gasteiger partial charge in [0.05, 0.1) is 11.8 Å². The summed E-state index contributed by atoms with van der Waals surface area (Å²) in [6.07, 6.45) is 0. The van der Waals surface area contributed by atoms with Crippen molar-refractivity contribution in [3.05, 3.63) is 68.9 Å². The van der Waals surface area contributed by atoms with Crippen LogP contribution in [-0.2, 0) is 11.8 Å². The topological polar surface area (TPSA) is 88.9 Å². The molecule has 0 aliphatic rings. The number of carbonyl (C=O) groups excluding carboxylic acids is 2. The fourth-order valence-corrected chi connectivity index (χ4v) is 5.08. The van der Waals surface area contributed by atoms with Crippen molar-refractivity contribution in [2.24, 2.45) is 13.0 Å². The molecular weight excluding hydrogens is 514 g/mol. The van der Waals surface area contributed by atoms with E-state index in [1.807, 2.05) is 76.6 Å². The van der Waals surface area contributed by atoms with Gasteiger partial charge >= 0.3 is 0 Å². The number of benzene rings is 2. The molecule has 0 fully saturated rings. The first-order valence-electron chi connectivity index (χ1n) is 11.0. The van der Waals surface area contributed by atoms with Gasteiger partial charge in [0.15, 0.2) is 11.0 Å². The van der Waals surface area contributed by atoms with Gasteiger partial charge in [0.2, 0.25) is 5.91 Å². The summed E-state index contributed by atoms with van der Waals surface area (Å²) in [7, 11) is 1.85. The number of nitrogens with zero attached hydrogens (tertiary/aromatic N) is 3. The SMILES string of the molecule is Cc1cccc(C(=O)N[C@@H](c2nnc(SCC(=O)Nc3c(C)cc(Br)cc3C)n2C)C(C)C)c1. The smallest absolute Gasteiger partial charge is 0.251 e. The van der Waals surface area contributed by atoms with E-state index in [0.717, 1.165) is 26.9 Å². The van der Waals surface area contributed by atoms with Crippen molar-refractivity contribution in [1.82, 2.24) is 20.1 Å². The van der Waals surface area contributed by atoms with Crippen molar-refractivity contribution in [2.45, 2.75) is 45.8 Å². The minimum atomic E-state index is -0.318. The predicted molar refractivity (Wildman–Crippen MR) is 140 cm³/mol. The molecule has 7 nitrogen and oxygen atoms in total. The Kier molecular flexibility index (Phi) is 8.54. The first-order valence-corrected chi connectivity index (χ1v) is 12.8. The van der Waals surface area contributed by atoms with E-state index in [1.54, 1.807) is 6.07 Å². The first-order chi connectivity index (χ1) is 16.1. The molecule has 9 heteroatoms. The molecule has 1 heterocycles. The van der Waals surface area contributed by atoms with Gasteiger partial charge in [-0.15, -0.1) is 10.2 Å². The maximum Gasteiger partial charge on any atom is 0.251 e. The standard InChI is InChI=1S/C25H30BrN5O2S/c1-14(2)21(28-24(33)18-9-7-8-15(3)10-18)23-29-30-25(31(23)6)34-13-20(32)27-22-16(4)11-19(26)12-17(22)5/h7-12,14,21H,13H2,1-6H3,(H,27,32)(H,28,33)/t21-/m1/s1. The van der Waals surface area contributed by atoms with Crippen LogP contribution in [0.1, 0.15) is 52.8 Å². The fourth-order valence-electron chi connectivity index (χ4n) is 3.68. The Morgan fingerprint density at radius 2 is 1.76 bits per heavy atom. The number of aromatic nitrogens is 3. The monoisotopic (exact) mass is 543 g/mol. The predicted octanol–water partition coefficient (Wildman–Crippen LogP) is 5.36. The number of thioether (sulfide) groups is 1. The summed E-state index contributed by atoms with van der Waals surface area (Å²) < 4.78 is 2.82. The lowest BCUT2D eigenvalue weighted by Gasteiger charge is -2.22. The highest BCUT2D eigenvalue weighted by molar-refractivity contribution is 9.10. The number of hydrogen-bond donors (Lipinski definition) is 2. The highest BCUT2D eigenvalue weighted by atomic mass is 79.9. The summed E-state index contributed by atoms with van der Waals surface area (Å²) in [6.45, 7) is 9.94. The Hall–Kier alpha value is -2.65. The van der Waals surface area contributed by atoms with Crippen LogP contribution >= 0.6 is 27.7 Å². The van der Waals surface area contributed by atoms with Crippen LogP contribution in [-0.4, -0.2) is 32.3 Å². The van der Waals surface area contributed by atoms with E-state index in [9.17, 15) is 9.59 Å². The number of carbonyl (C=O) groups is 2. The molecule has 0 unspecified atom stereocenters. The summed E-state index contributed by atoms with van der Waals surface area (Å²) >= 11 is 4.79. The van der Waals surface area contributed by atoms with Crippen LogP contribution in [0, 0.1) is 26.7 Å². The Labute approximate surface area is 213 Å². The third kappa shape index (κ3) is 6.27. The molecule has 0 aliphatic heterocycles. The molecule has 3 aromatic rings. The van der Waals surface area contributed by atoms with Crippen LogP contribution in [0.5, 0.6) is 0 Å². The maximum absolute atomic E-state index is 12.8. The average molecular weight is 545 g/mol. The summed E-state index contributed by atoms with van der Waals surface area (Å²) in [5.41, 5.74) is 4.45. The zero-order valence-electron chi connectivity index (χ0n) is 20.3. The number of anilines is 1. The van der Waals surface area contributed by atoms with Crippen molar-refractivity contribution in [2.75, 3.05) is 11.1 Å². The van der Waals surface area contributed by atoms with Gasteiger partial charge < -0.3 is 15.2 Å². The molecule has 1 atom stereocenters. The van der Waals surface area contributed by atoms with Crippen molar-refractivity contribution in [3.8, 4) is 0 Å². The number of halogens is 1. The van der Waals surface area contributed by atoms with Gasteiger partial charge in [0.25, 0.3) is 5.91 Å². The molecule has 0 saturated heterocycles. The first kappa shape index (κ1) is 26.0. The lowest BCUT2D eigenvalue weighted by atomic mass is 10.0. The van der Waals surface area contributed by atoms with Crippen molar-refractivity contribution in [3.63, 3.8) is 0 Å². The summed E-state index contributed by atoms with van der Waals surface area (Å²) in [6, 6.07) is 11.1. The summed E-state index contributed by atoms with van der Waals surface area (Å²) in [5, 5.41) is 15.3. The van der Waals surface area contributed by atoms with Crippen LogP contribution in [0.3, 0.4) is 0 Å². The normalized spacial score (nSPS) is 12.0. The molecular formula is C25H30BrN5O2S. The van der Waals surface area contributed by atoms with Gasteiger partial charge in [-0.3, -0.25) is 9.59 Å². The van der Waals surface area contributed by atoms with Gasteiger partial charge in [-0.2, -0.15) is 0 Å². The lowest BCUT2D eigenvalue weighted by Crippen LogP contribution is -2.33. The van der Waals surface area contributed by atoms with E-state index in [2.05, 4.69) is 36.8 Å². The number of hydrogen-bond acceptors (Lipinski definition) is 5. The largest absolute Gasteiger partial charge is 0.342 e. The van der Waals surface area contributed by atoms with E-state index < -0.39 is 0 Å². The van der Waals surface area contributed by atoms with Gasteiger partial charge in [0, 0.05) is 22.8 Å². The molecule has 180 valence electrons. The molecule has 0 aliphatic carbocycles. The number of rotatable bonds is 8. The molecule has 2 amide bonds. The third-order valence-corrected chi connectivity index (χ3v) is 6.95. The molecule has 0 spiro atoms. The fraction of sp³-hybridized carbons (Fsp3) is 0.360. The second-order valence-corrected chi connectivity index (χ2v) is 10.6. The van der Waals surface area contributed by atoms with E-state index >= 15 is 0 Å². The second-order valence-electron chi connectivity index (χ2n) is 8.72. The van der Waals surface area contributed by atoms with Crippen LogP contribution in [0.4, 0.5) is 5.69 Å². The molecule has 3 rings (SSSR count). The Morgan fingerprint density at radius 3 is 2.38 bits per heavy atom. The number of amides is 2. The molecule has 34 heavy (non-hydrogen) atoms. The molecule has 2 aromatic carbocycles. The van der Waals surface area contributed by atoms with Crippen LogP contribution in [0.25, 0.3) is 0 Å². The molecule has 0 bridgehead atoms. The van der Waals surface area contributed by atoms with E-state index in [0.29, 0.717) is 16.5 Å². The average Bonchev–Trinajstić information content (AvgIpc) is 3.12. The number of aryl methyl sites for hydroxylation is 3. The summed E-state index contributed by atoms with van der Waals surface area (Å²) in [5.74, 6) is 0.679. The van der Waals surface area contributed by atoms with Crippen molar-refractivity contribution < 1.29 is 9.59 Å². The minimum absolute atomic E-state index is 0.0983. The van der Waals surface area contributed by atoms with Gasteiger partial charge in [-0.1, -0.05) is 59.2 Å². The Bertz CT molecular complexity index is 1180. The molecule has 2 N–H and O–H groups in total. The van der Waals surface area contributed by atoms with Gasteiger partial charge in [-0.25, -0.2) is 0 Å². The molecule has 0 radical (unpaired) electrons. The zero-order valence-corrected chi connectivity index (χ0v) is 22.7. The Balaban J connectivity index is 1.69. The minimum Gasteiger partial charge on any atom is -0.342 e. The second kappa shape index (κ2) is 11.2. The lowest BCUT2D eigenvalue weighted by molar-refractivity contribution is -0.113. The highest BCUT2D eigenvalue weighted by Gasteiger charge is 2.25. The highest BCUT2D eigenvalue weighted by Crippen LogP contribution is 2.27. The summed E-state index contributed by atoms with van der Waals surface area (Å²) in [4.78, 5) is 25.4. The maximum atomic E-state index is 12.8. The van der Waals surface area contributed by atoms with Crippen LogP contribution in [0.2, 0.25) is 0 Å².